The first kappa shape index (κ1) is 22.5. The fourth-order valence-electron chi connectivity index (χ4n) is 4.29. The van der Waals surface area contributed by atoms with Crippen molar-refractivity contribution < 1.29 is 18.0 Å². The van der Waals surface area contributed by atoms with Gasteiger partial charge in [0.2, 0.25) is 0 Å². The molecular formula is C21H31F3N3O2-. The lowest BCUT2D eigenvalue weighted by Crippen LogP contribution is -2.51. The zero-order valence-corrected chi connectivity index (χ0v) is 16.6. The van der Waals surface area contributed by atoms with Crippen molar-refractivity contribution in [3.05, 3.63) is 41.7 Å². The zero-order chi connectivity index (χ0) is 20.7. The fourth-order valence-corrected chi connectivity index (χ4v) is 4.29. The highest BCUT2D eigenvalue weighted by atomic mass is 19.4. The lowest BCUT2D eigenvalue weighted by Gasteiger charge is -2.37. The predicted octanol–water partition coefficient (Wildman–Crippen LogP) is 4.05. The Kier molecular flexibility index (Phi) is 8.32. The van der Waals surface area contributed by atoms with Gasteiger partial charge >= 0.3 is 6.18 Å². The lowest BCUT2D eigenvalue weighted by molar-refractivity contribution is -0.214. The molecule has 0 spiro atoms. The molecule has 0 radical (unpaired) electrons. The van der Waals surface area contributed by atoms with Crippen LogP contribution in [-0.4, -0.2) is 43.1 Å². The summed E-state index contributed by atoms with van der Waals surface area (Å²) in [7, 11) is 0. The molecule has 5 unspecified atom stereocenters. The third-order valence-electron chi connectivity index (χ3n) is 6.01. The first-order chi connectivity index (χ1) is 14.0. The molecule has 1 heterocycles. The van der Waals surface area contributed by atoms with Crippen LogP contribution in [0.3, 0.4) is 0 Å². The van der Waals surface area contributed by atoms with Gasteiger partial charge in [0.1, 0.15) is 0 Å². The van der Waals surface area contributed by atoms with Gasteiger partial charge in [0.15, 0.2) is 0 Å². The van der Waals surface area contributed by atoms with Crippen LogP contribution in [0.2, 0.25) is 0 Å². The van der Waals surface area contributed by atoms with Gasteiger partial charge in [-0.25, -0.2) is 0 Å². The van der Waals surface area contributed by atoms with Crippen LogP contribution in [0, 0.1) is 23.0 Å². The molecule has 2 N–H and O–H groups in total. The van der Waals surface area contributed by atoms with Crippen molar-refractivity contribution >= 4 is 0 Å². The average Bonchev–Trinajstić information content (AvgIpc) is 2.82. The maximum atomic E-state index is 13.1. The number of nitrogens with one attached hydrogen (secondary N) is 2. The Labute approximate surface area is 170 Å². The molecule has 0 aromatic heterocycles. The zero-order valence-electron chi connectivity index (χ0n) is 16.6. The van der Waals surface area contributed by atoms with E-state index in [1.165, 1.54) is 0 Å². The Balaban J connectivity index is 1.65. The smallest absolute Gasteiger partial charge is 0.392 e. The highest BCUT2D eigenvalue weighted by Gasteiger charge is 2.41. The minimum absolute atomic E-state index is 0.0456. The molecule has 1 aliphatic heterocycles. The minimum Gasteiger partial charge on any atom is -0.788 e. The topological polar surface area (TPSA) is 59.6 Å². The van der Waals surface area contributed by atoms with Gasteiger partial charge in [0.05, 0.1) is 18.7 Å². The van der Waals surface area contributed by atoms with Gasteiger partial charge < -0.3 is 10.7 Å². The van der Waals surface area contributed by atoms with E-state index in [0.717, 1.165) is 25.8 Å². The van der Waals surface area contributed by atoms with Gasteiger partial charge in [-0.1, -0.05) is 36.5 Å². The van der Waals surface area contributed by atoms with Crippen LogP contribution in [0.1, 0.15) is 38.5 Å². The van der Waals surface area contributed by atoms with Crippen molar-refractivity contribution in [3.8, 4) is 0 Å². The summed E-state index contributed by atoms with van der Waals surface area (Å²) < 4.78 is 39.3. The van der Waals surface area contributed by atoms with Crippen LogP contribution in [-0.2, 0) is 4.84 Å². The second kappa shape index (κ2) is 10.7. The predicted molar refractivity (Wildman–Crippen MR) is 106 cm³/mol. The Morgan fingerprint density at radius 2 is 2.00 bits per heavy atom. The van der Waals surface area contributed by atoms with Crippen LogP contribution in [0.5, 0.6) is 0 Å². The summed E-state index contributed by atoms with van der Waals surface area (Å²) in [5, 5.41) is 16.6. The second-order valence-electron chi connectivity index (χ2n) is 8.19. The first-order valence-corrected chi connectivity index (χ1v) is 10.5. The number of nitrogens with zero attached hydrogens (tertiary/aromatic N) is 1. The quantitative estimate of drug-likeness (QED) is 0.525. The van der Waals surface area contributed by atoms with Crippen molar-refractivity contribution in [3.63, 3.8) is 0 Å². The molecule has 0 aromatic rings. The third kappa shape index (κ3) is 6.65. The van der Waals surface area contributed by atoms with E-state index < -0.39 is 12.1 Å². The van der Waals surface area contributed by atoms with E-state index in [0.29, 0.717) is 13.0 Å². The van der Waals surface area contributed by atoms with Crippen LogP contribution < -0.4 is 10.8 Å². The summed E-state index contributed by atoms with van der Waals surface area (Å²) >= 11 is 0. The number of hydroxylamine groups is 3. The fraction of sp³-hybridized carbons (Fsp3) is 0.714. The highest BCUT2D eigenvalue weighted by Crippen LogP contribution is 2.37. The normalized spacial score (nSPS) is 34.6. The van der Waals surface area contributed by atoms with E-state index in [4.69, 9.17) is 4.84 Å². The van der Waals surface area contributed by atoms with Crippen LogP contribution in [0.25, 0.3) is 0 Å². The standard InChI is InChI=1S/C21H31F3N3O2/c22-21(23,24)18-9-4-6-16(14-18)15-29-27-13-11-19(26-28)10-5-12-25-20(27)17-7-2-1-3-8-17/h1-4,6-7,16-20,25-26H,5,8-15H2/q-1. The number of alkyl halides is 3. The van der Waals surface area contributed by atoms with E-state index >= 15 is 0 Å². The van der Waals surface area contributed by atoms with Gasteiger partial charge in [-0.3, -0.25) is 10.2 Å². The summed E-state index contributed by atoms with van der Waals surface area (Å²) in [5.41, 5.74) is 2.12. The molecule has 3 aliphatic rings. The number of allylic oxidation sites excluding steroid dienone is 4. The summed E-state index contributed by atoms with van der Waals surface area (Å²) in [5.74, 6) is -1.36. The number of hydrogen-bond donors (Lipinski definition) is 2. The number of hydrogen-bond acceptors (Lipinski definition) is 5. The summed E-state index contributed by atoms with van der Waals surface area (Å²) in [6, 6.07) is -0.132. The SMILES string of the molecule is [O-]NC1CCCNC(C2C=CC=CC2)N(OCC2C=CCC(C(F)(F)F)C2)CC1. The molecule has 164 valence electrons. The molecule has 0 amide bonds. The molecule has 0 aromatic carbocycles. The van der Waals surface area contributed by atoms with Crippen molar-refractivity contribution in [2.45, 2.75) is 56.9 Å². The van der Waals surface area contributed by atoms with Crippen LogP contribution >= 0.6 is 0 Å². The average molecular weight is 414 g/mol. The summed E-state index contributed by atoms with van der Waals surface area (Å²) in [4.78, 5) is 6.10. The summed E-state index contributed by atoms with van der Waals surface area (Å²) in [6.07, 6.45) is 10.8. The Morgan fingerprint density at radius 1 is 1.14 bits per heavy atom. The Bertz CT molecular complexity index is 594. The van der Waals surface area contributed by atoms with Crippen molar-refractivity contribution in [1.29, 1.82) is 0 Å². The Morgan fingerprint density at radius 3 is 2.72 bits per heavy atom. The first-order valence-electron chi connectivity index (χ1n) is 10.5. The van der Waals surface area contributed by atoms with Gasteiger partial charge in [-0.2, -0.15) is 18.2 Å². The number of halogens is 3. The maximum absolute atomic E-state index is 13.1. The molecule has 5 atom stereocenters. The molecule has 8 heteroatoms. The molecule has 2 aliphatic carbocycles. The summed E-state index contributed by atoms with van der Waals surface area (Å²) in [6.45, 7) is 1.52. The Hall–Kier alpha value is -1.19. The molecule has 0 saturated carbocycles. The molecule has 0 bridgehead atoms. The minimum atomic E-state index is -4.17. The third-order valence-corrected chi connectivity index (χ3v) is 6.01. The molecule has 3 rings (SSSR count). The van der Waals surface area contributed by atoms with Crippen molar-refractivity contribution in [2.75, 3.05) is 19.7 Å². The van der Waals surface area contributed by atoms with E-state index in [9.17, 15) is 18.4 Å². The second-order valence-corrected chi connectivity index (χ2v) is 8.19. The van der Waals surface area contributed by atoms with Gasteiger partial charge in [-0.05, 0) is 51.1 Å². The van der Waals surface area contributed by atoms with E-state index in [1.54, 1.807) is 6.08 Å². The highest BCUT2D eigenvalue weighted by molar-refractivity contribution is 5.12. The number of rotatable bonds is 5. The van der Waals surface area contributed by atoms with Gasteiger partial charge in [0, 0.05) is 18.4 Å². The van der Waals surface area contributed by atoms with Gasteiger partial charge in [-0.15, -0.1) is 0 Å². The lowest BCUT2D eigenvalue weighted by atomic mass is 9.87. The van der Waals surface area contributed by atoms with E-state index in [2.05, 4.69) is 22.9 Å². The van der Waals surface area contributed by atoms with Gasteiger partial charge in [0.25, 0.3) is 0 Å². The van der Waals surface area contributed by atoms with Crippen molar-refractivity contribution in [1.82, 2.24) is 15.9 Å². The molecule has 1 fully saturated rings. The van der Waals surface area contributed by atoms with E-state index in [-0.39, 0.29) is 43.5 Å². The largest absolute Gasteiger partial charge is 0.788 e. The van der Waals surface area contributed by atoms with Crippen molar-refractivity contribution in [2.24, 2.45) is 17.8 Å². The van der Waals surface area contributed by atoms with Crippen LogP contribution in [0.15, 0.2) is 36.5 Å². The maximum Gasteiger partial charge on any atom is 0.392 e. The molecular weight excluding hydrogens is 383 g/mol. The van der Waals surface area contributed by atoms with E-state index in [1.807, 2.05) is 23.3 Å². The van der Waals surface area contributed by atoms with Crippen LogP contribution in [0.4, 0.5) is 13.2 Å². The molecule has 29 heavy (non-hydrogen) atoms. The monoisotopic (exact) mass is 414 g/mol. The molecule has 1 saturated heterocycles. The molecule has 5 nitrogen and oxygen atoms in total.